The standard InChI is InChI=1S/C16H10FN3O/c1-11(21)20-16-7-12(4-5-15(16)17)2-3-13-6-14(8-18)10-19-9-13/h4-7,9-10H,1H3,(H,20,21). The van der Waals surface area contributed by atoms with Crippen molar-refractivity contribution >= 4 is 11.6 Å². The van der Waals surface area contributed by atoms with E-state index in [1.807, 2.05) is 6.07 Å². The lowest BCUT2D eigenvalue weighted by atomic mass is 10.1. The van der Waals surface area contributed by atoms with Crippen LogP contribution in [0.1, 0.15) is 23.6 Å². The fourth-order valence-corrected chi connectivity index (χ4v) is 1.60. The van der Waals surface area contributed by atoms with Gasteiger partial charge in [-0.2, -0.15) is 5.26 Å². The number of benzene rings is 1. The van der Waals surface area contributed by atoms with Crippen LogP contribution in [0.15, 0.2) is 36.7 Å². The number of hydrogen-bond donors (Lipinski definition) is 1. The highest BCUT2D eigenvalue weighted by Crippen LogP contribution is 2.15. The number of halogens is 1. The first-order valence-electron chi connectivity index (χ1n) is 6.03. The summed E-state index contributed by atoms with van der Waals surface area (Å²) < 4.78 is 13.5. The number of nitrogens with zero attached hydrogens (tertiary/aromatic N) is 2. The molecule has 0 aliphatic heterocycles. The molecular weight excluding hydrogens is 269 g/mol. The third-order valence-corrected chi connectivity index (χ3v) is 2.50. The van der Waals surface area contributed by atoms with Gasteiger partial charge in [0.1, 0.15) is 11.9 Å². The first-order chi connectivity index (χ1) is 10.1. The predicted octanol–water partition coefficient (Wildman–Crippen LogP) is 2.45. The van der Waals surface area contributed by atoms with Crippen LogP contribution in [0.5, 0.6) is 0 Å². The molecule has 0 saturated heterocycles. The molecule has 102 valence electrons. The molecule has 0 atom stereocenters. The third kappa shape index (κ3) is 3.89. The third-order valence-electron chi connectivity index (χ3n) is 2.50. The molecule has 0 saturated carbocycles. The van der Waals surface area contributed by atoms with Crippen LogP contribution in [0, 0.1) is 29.0 Å². The normalized spacial score (nSPS) is 9.19. The van der Waals surface area contributed by atoms with Gasteiger partial charge in [0.05, 0.1) is 11.3 Å². The molecule has 4 nitrogen and oxygen atoms in total. The summed E-state index contributed by atoms with van der Waals surface area (Å²) in [5, 5.41) is 11.2. The highest BCUT2D eigenvalue weighted by atomic mass is 19.1. The summed E-state index contributed by atoms with van der Waals surface area (Å²) in [7, 11) is 0. The van der Waals surface area contributed by atoms with Gasteiger partial charge in [-0.25, -0.2) is 4.39 Å². The molecule has 1 heterocycles. The van der Waals surface area contributed by atoms with Gasteiger partial charge in [0.2, 0.25) is 5.91 Å². The Kier molecular flexibility index (Phi) is 4.28. The number of nitrogens with one attached hydrogen (secondary N) is 1. The van der Waals surface area contributed by atoms with Crippen LogP contribution in [-0.2, 0) is 4.79 Å². The molecule has 0 fully saturated rings. The molecule has 0 bridgehead atoms. The lowest BCUT2D eigenvalue weighted by Crippen LogP contribution is -2.07. The zero-order chi connectivity index (χ0) is 15.2. The Labute approximate surface area is 121 Å². The summed E-state index contributed by atoms with van der Waals surface area (Å²) in [5.74, 6) is 4.79. The number of carbonyl (C=O) groups excluding carboxylic acids is 1. The molecule has 0 aliphatic rings. The lowest BCUT2D eigenvalue weighted by Gasteiger charge is -2.03. The molecule has 21 heavy (non-hydrogen) atoms. The van der Waals surface area contributed by atoms with Gasteiger partial charge < -0.3 is 5.32 Å². The van der Waals surface area contributed by atoms with Crippen molar-refractivity contribution in [1.82, 2.24) is 4.98 Å². The highest BCUT2D eigenvalue weighted by molar-refractivity contribution is 5.89. The zero-order valence-electron chi connectivity index (χ0n) is 11.1. The van der Waals surface area contributed by atoms with Gasteiger partial charge in [0, 0.05) is 30.4 Å². The molecule has 0 aliphatic carbocycles. The Balaban J connectivity index is 2.30. The number of nitriles is 1. The molecule has 1 N–H and O–H groups in total. The Morgan fingerprint density at radius 2 is 1.90 bits per heavy atom. The van der Waals surface area contributed by atoms with E-state index in [9.17, 15) is 9.18 Å². The van der Waals surface area contributed by atoms with Gasteiger partial charge in [-0.1, -0.05) is 11.8 Å². The topological polar surface area (TPSA) is 65.8 Å². The average Bonchev–Trinajstić information content (AvgIpc) is 2.48. The molecule has 0 spiro atoms. The zero-order valence-corrected chi connectivity index (χ0v) is 11.1. The summed E-state index contributed by atoms with van der Waals surface area (Å²) in [5.41, 5.74) is 1.63. The van der Waals surface area contributed by atoms with E-state index in [-0.39, 0.29) is 11.6 Å². The summed E-state index contributed by atoms with van der Waals surface area (Å²) in [6.45, 7) is 1.30. The minimum atomic E-state index is -0.524. The van der Waals surface area contributed by atoms with Crippen molar-refractivity contribution in [2.45, 2.75) is 6.92 Å². The highest BCUT2D eigenvalue weighted by Gasteiger charge is 2.03. The van der Waals surface area contributed by atoms with Gasteiger partial charge in [-0.15, -0.1) is 0 Å². The van der Waals surface area contributed by atoms with Crippen LogP contribution in [0.25, 0.3) is 0 Å². The molecule has 2 rings (SSSR count). The number of amides is 1. The van der Waals surface area contributed by atoms with Crippen molar-refractivity contribution in [3.63, 3.8) is 0 Å². The Bertz CT molecular complexity index is 797. The monoisotopic (exact) mass is 279 g/mol. The number of hydrogen-bond acceptors (Lipinski definition) is 3. The van der Waals surface area contributed by atoms with Crippen LogP contribution >= 0.6 is 0 Å². The van der Waals surface area contributed by atoms with Crippen molar-refractivity contribution in [3.8, 4) is 17.9 Å². The van der Waals surface area contributed by atoms with Crippen LogP contribution in [0.4, 0.5) is 10.1 Å². The molecule has 0 unspecified atom stereocenters. The smallest absolute Gasteiger partial charge is 0.221 e. The summed E-state index contributed by atoms with van der Waals surface area (Å²) in [6, 6.07) is 7.78. The number of pyridine rings is 1. The van der Waals surface area contributed by atoms with Gasteiger partial charge in [0.15, 0.2) is 0 Å². The molecule has 5 heteroatoms. The molecular formula is C16H10FN3O. The number of rotatable bonds is 1. The van der Waals surface area contributed by atoms with Crippen LogP contribution in [0.2, 0.25) is 0 Å². The quantitative estimate of drug-likeness (QED) is 0.815. The number of aromatic nitrogens is 1. The number of anilines is 1. The second-order valence-corrected chi connectivity index (χ2v) is 4.20. The van der Waals surface area contributed by atoms with Gasteiger partial charge in [-0.3, -0.25) is 9.78 Å². The number of carbonyl (C=O) groups is 1. The minimum Gasteiger partial charge on any atom is -0.324 e. The fraction of sp³-hybridized carbons (Fsp3) is 0.0625. The maximum absolute atomic E-state index is 13.5. The van der Waals surface area contributed by atoms with E-state index < -0.39 is 5.82 Å². The SMILES string of the molecule is CC(=O)Nc1cc(C#Cc2cncc(C#N)c2)ccc1F. The molecule has 1 amide bonds. The van der Waals surface area contributed by atoms with E-state index in [0.29, 0.717) is 16.7 Å². The predicted molar refractivity (Wildman–Crippen MR) is 75.6 cm³/mol. The van der Waals surface area contributed by atoms with E-state index in [0.717, 1.165) is 0 Å². The molecule has 1 aromatic carbocycles. The lowest BCUT2D eigenvalue weighted by molar-refractivity contribution is -0.114. The van der Waals surface area contributed by atoms with Crippen molar-refractivity contribution < 1.29 is 9.18 Å². The maximum Gasteiger partial charge on any atom is 0.221 e. The second kappa shape index (κ2) is 6.31. The second-order valence-electron chi connectivity index (χ2n) is 4.20. The van der Waals surface area contributed by atoms with E-state index >= 15 is 0 Å². The van der Waals surface area contributed by atoms with Crippen molar-refractivity contribution in [2.24, 2.45) is 0 Å². The average molecular weight is 279 g/mol. The Hall–Kier alpha value is -3.18. The van der Waals surface area contributed by atoms with E-state index in [1.54, 1.807) is 6.07 Å². The largest absolute Gasteiger partial charge is 0.324 e. The van der Waals surface area contributed by atoms with E-state index in [1.165, 1.54) is 37.5 Å². The van der Waals surface area contributed by atoms with Gasteiger partial charge in [0.25, 0.3) is 0 Å². The van der Waals surface area contributed by atoms with Crippen molar-refractivity contribution in [2.75, 3.05) is 5.32 Å². The Morgan fingerprint density at radius 3 is 2.62 bits per heavy atom. The van der Waals surface area contributed by atoms with E-state index in [4.69, 9.17) is 5.26 Å². The maximum atomic E-state index is 13.5. The van der Waals surface area contributed by atoms with Crippen LogP contribution in [0.3, 0.4) is 0 Å². The van der Waals surface area contributed by atoms with Gasteiger partial charge >= 0.3 is 0 Å². The first kappa shape index (κ1) is 14.2. The van der Waals surface area contributed by atoms with Crippen LogP contribution < -0.4 is 5.32 Å². The fourth-order valence-electron chi connectivity index (χ4n) is 1.60. The molecule has 0 radical (unpaired) electrons. The van der Waals surface area contributed by atoms with Crippen molar-refractivity contribution in [3.05, 3.63) is 59.2 Å². The van der Waals surface area contributed by atoms with Crippen LogP contribution in [-0.4, -0.2) is 10.9 Å². The van der Waals surface area contributed by atoms with Gasteiger partial charge in [-0.05, 0) is 24.3 Å². The minimum absolute atomic E-state index is 0.0817. The molecule has 2 aromatic rings. The first-order valence-corrected chi connectivity index (χ1v) is 6.03. The van der Waals surface area contributed by atoms with Crippen molar-refractivity contribution in [1.29, 1.82) is 5.26 Å². The van der Waals surface area contributed by atoms with E-state index in [2.05, 4.69) is 22.1 Å². The Morgan fingerprint density at radius 1 is 1.19 bits per heavy atom. The summed E-state index contributed by atoms with van der Waals surface area (Å²) >= 11 is 0. The summed E-state index contributed by atoms with van der Waals surface area (Å²) in [4.78, 5) is 14.9. The molecule has 1 aromatic heterocycles. The summed E-state index contributed by atoms with van der Waals surface area (Å²) in [6.07, 6.45) is 2.98.